The van der Waals surface area contributed by atoms with E-state index in [1.165, 1.54) is 0 Å². The molecule has 3 aromatic rings. The van der Waals surface area contributed by atoms with E-state index in [1.807, 2.05) is 24.3 Å². The summed E-state index contributed by atoms with van der Waals surface area (Å²) >= 11 is 3.21. The molecule has 0 unspecified atom stereocenters. The van der Waals surface area contributed by atoms with E-state index >= 15 is 0 Å². The summed E-state index contributed by atoms with van der Waals surface area (Å²) in [6.45, 7) is 4.18. The zero-order valence-corrected chi connectivity index (χ0v) is 14.9. The van der Waals surface area contributed by atoms with Crippen molar-refractivity contribution in [3.63, 3.8) is 0 Å². The highest BCUT2D eigenvalue weighted by Gasteiger charge is 2.11. The topological polar surface area (TPSA) is 63.7 Å². The molecule has 1 N–H and O–H groups in total. The number of hydrogen-bond donors (Lipinski definition) is 1. The first-order chi connectivity index (χ1) is 11.2. The second-order valence-corrected chi connectivity index (χ2v) is 7.09. The summed E-state index contributed by atoms with van der Waals surface area (Å²) < 4.78 is 5.40. The van der Waals surface area contributed by atoms with Crippen LogP contribution in [0.25, 0.3) is 10.6 Å². The third kappa shape index (κ3) is 3.73. The van der Waals surface area contributed by atoms with E-state index in [0.717, 1.165) is 38.7 Å². The Hall–Kier alpha value is -1.86. The molecule has 0 amide bonds. The number of nitrogens with one attached hydrogen (secondary N) is 1. The van der Waals surface area contributed by atoms with E-state index in [4.69, 9.17) is 9.72 Å². The minimum atomic E-state index is 0.355. The van der Waals surface area contributed by atoms with Crippen molar-refractivity contribution in [1.82, 2.24) is 20.2 Å². The Kier molecular flexibility index (Phi) is 4.97. The summed E-state index contributed by atoms with van der Waals surface area (Å²) in [5, 5.41) is 11.0. The number of benzene rings is 1. The van der Waals surface area contributed by atoms with Crippen molar-refractivity contribution < 1.29 is 4.74 Å². The lowest BCUT2D eigenvalue weighted by Crippen LogP contribution is -1.89. The summed E-state index contributed by atoms with van der Waals surface area (Å²) in [7, 11) is 1.68. The fourth-order valence-electron chi connectivity index (χ4n) is 2.04. The lowest BCUT2D eigenvalue weighted by molar-refractivity contribution is 0.416. The molecule has 0 saturated heterocycles. The minimum absolute atomic E-state index is 0.355. The fourth-order valence-corrected chi connectivity index (χ4v) is 3.69. The molecule has 2 aromatic heterocycles. The summed E-state index contributed by atoms with van der Waals surface area (Å²) in [6, 6.07) is 7.93. The van der Waals surface area contributed by atoms with Gasteiger partial charge in [-0.25, -0.2) is 9.97 Å². The van der Waals surface area contributed by atoms with Crippen LogP contribution < -0.4 is 4.74 Å². The van der Waals surface area contributed by atoms with Gasteiger partial charge in [-0.2, -0.15) is 0 Å². The second-order valence-electron chi connectivity index (χ2n) is 5.29. The number of hydrogen-bond acceptors (Lipinski definition) is 6. The first-order valence-electron chi connectivity index (χ1n) is 7.30. The molecule has 2 heterocycles. The van der Waals surface area contributed by atoms with Crippen LogP contribution in [0.1, 0.15) is 31.3 Å². The maximum atomic E-state index is 5.40. The summed E-state index contributed by atoms with van der Waals surface area (Å²) in [5.74, 6) is 2.87. The molecule has 0 aliphatic carbocycles. The van der Waals surface area contributed by atoms with Crippen LogP contribution in [-0.2, 0) is 5.75 Å². The molecule has 0 radical (unpaired) electrons. The Morgan fingerprint density at radius 1 is 1.26 bits per heavy atom. The molecule has 0 saturated carbocycles. The van der Waals surface area contributed by atoms with Gasteiger partial charge < -0.3 is 4.74 Å². The molecule has 0 fully saturated rings. The Labute approximate surface area is 143 Å². The Morgan fingerprint density at radius 3 is 2.83 bits per heavy atom. The van der Waals surface area contributed by atoms with Crippen LogP contribution in [0, 0.1) is 0 Å². The van der Waals surface area contributed by atoms with E-state index < -0.39 is 0 Å². The molecule has 7 heteroatoms. The smallest absolute Gasteiger partial charge is 0.208 e. The standard InChI is InChI=1S/C16H18N4OS2/c1-10(2)14-18-16(20-19-14)23-9-11-8-22-15(17-11)12-6-4-5-7-13(12)21-3/h4-8,10H,9H2,1-3H3,(H,18,19,20). The molecule has 5 nitrogen and oxygen atoms in total. The van der Waals surface area contributed by atoms with E-state index in [2.05, 4.69) is 34.4 Å². The second kappa shape index (κ2) is 7.14. The van der Waals surface area contributed by atoms with Gasteiger partial charge in [0.05, 0.1) is 18.4 Å². The van der Waals surface area contributed by atoms with E-state index in [0.29, 0.717) is 5.92 Å². The molecule has 0 aliphatic heterocycles. The van der Waals surface area contributed by atoms with Crippen LogP contribution in [-0.4, -0.2) is 27.3 Å². The van der Waals surface area contributed by atoms with Crippen molar-refractivity contribution in [3.8, 4) is 16.3 Å². The number of methoxy groups -OCH3 is 1. The van der Waals surface area contributed by atoms with Crippen molar-refractivity contribution in [3.05, 3.63) is 41.2 Å². The van der Waals surface area contributed by atoms with Crippen molar-refractivity contribution >= 4 is 23.1 Å². The van der Waals surface area contributed by atoms with Gasteiger partial charge in [0.1, 0.15) is 16.6 Å². The van der Waals surface area contributed by atoms with Gasteiger partial charge in [-0.05, 0) is 12.1 Å². The van der Waals surface area contributed by atoms with Gasteiger partial charge in [0, 0.05) is 17.1 Å². The van der Waals surface area contributed by atoms with Crippen LogP contribution in [0.15, 0.2) is 34.8 Å². The fraction of sp³-hybridized carbons (Fsp3) is 0.312. The molecular formula is C16H18N4OS2. The number of aromatic amines is 1. The number of ether oxygens (including phenoxy) is 1. The highest BCUT2D eigenvalue weighted by molar-refractivity contribution is 7.98. The predicted molar refractivity (Wildman–Crippen MR) is 94.1 cm³/mol. The number of thioether (sulfide) groups is 1. The third-order valence-corrected chi connectivity index (χ3v) is 5.07. The highest BCUT2D eigenvalue weighted by Crippen LogP contribution is 2.33. The first kappa shape index (κ1) is 16.0. The van der Waals surface area contributed by atoms with Crippen molar-refractivity contribution in [1.29, 1.82) is 0 Å². The van der Waals surface area contributed by atoms with Crippen LogP contribution in [0.4, 0.5) is 0 Å². The maximum absolute atomic E-state index is 5.40. The van der Waals surface area contributed by atoms with Gasteiger partial charge >= 0.3 is 0 Å². The number of aromatic nitrogens is 4. The zero-order chi connectivity index (χ0) is 16.2. The lowest BCUT2D eigenvalue weighted by Gasteiger charge is -2.04. The number of rotatable bonds is 6. The van der Waals surface area contributed by atoms with Crippen LogP contribution >= 0.6 is 23.1 Å². The number of thiazole rings is 1. The normalized spacial score (nSPS) is 11.1. The zero-order valence-electron chi connectivity index (χ0n) is 13.2. The van der Waals surface area contributed by atoms with E-state index in [-0.39, 0.29) is 0 Å². The minimum Gasteiger partial charge on any atom is -0.496 e. The Balaban J connectivity index is 1.69. The van der Waals surface area contributed by atoms with Crippen LogP contribution in [0.5, 0.6) is 5.75 Å². The molecular weight excluding hydrogens is 328 g/mol. The average Bonchev–Trinajstić information content (AvgIpc) is 3.22. The SMILES string of the molecule is COc1ccccc1-c1nc(CSc2n[nH]c(C(C)C)n2)cs1. The quantitative estimate of drug-likeness (QED) is 0.672. The van der Waals surface area contributed by atoms with Gasteiger partial charge in [-0.1, -0.05) is 37.7 Å². The lowest BCUT2D eigenvalue weighted by atomic mass is 10.2. The summed E-state index contributed by atoms with van der Waals surface area (Å²) in [4.78, 5) is 9.17. The molecule has 120 valence electrons. The molecule has 0 aliphatic rings. The van der Waals surface area contributed by atoms with Gasteiger partial charge in [0.25, 0.3) is 0 Å². The third-order valence-electron chi connectivity index (χ3n) is 3.27. The summed E-state index contributed by atoms with van der Waals surface area (Å²) in [6.07, 6.45) is 0. The molecule has 0 atom stereocenters. The van der Waals surface area contributed by atoms with E-state index in [1.54, 1.807) is 30.2 Å². The molecule has 3 rings (SSSR count). The van der Waals surface area contributed by atoms with Gasteiger partial charge in [0.2, 0.25) is 5.16 Å². The molecule has 1 aromatic carbocycles. The average molecular weight is 346 g/mol. The first-order valence-corrected chi connectivity index (χ1v) is 9.16. The monoisotopic (exact) mass is 346 g/mol. The molecule has 23 heavy (non-hydrogen) atoms. The highest BCUT2D eigenvalue weighted by atomic mass is 32.2. The molecule has 0 bridgehead atoms. The van der Waals surface area contributed by atoms with Crippen molar-refractivity contribution in [2.45, 2.75) is 30.7 Å². The Bertz CT molecular complexity index is 782. The number of H-pyrrole nitrogens is 1. The van der Waals surface area contributed by atoms with Crippen molar-refractivity contribution in [2.75, 3.05) is 7.11 Å². The predicted octanol–water partition coefficient (Wildman–Crippen LogP) is 4.35. The summed E-state index contributed by atoms with van der Waals surface area (Å²) in [5.41, 5.74) is 2.05. The number of para-hydroxylation sites is 1. The Morgan fingerprint density at radius 2 is 2.09 bits per heavy atom. The van der Waals surface area contributed by atoms with Crippen LogP contribution in [0.2, 0.25) is 0 Å². The maximum Gasteiger partial charge on any atom is 0.208 e. The van der Waals surface area contributed by atoms with E-state index in [9.17, 15) is 0 Å². The molecule has 0 spiro atoms. The van der Waals surface area contributed by atoms with Crippen molar-refractivity contribution in [2.24, 2.45) is 0 Å². The number of nitrogens with zero attached hydrogens (tertiary/aromatic N) is 3. The van der Waals surface area contributed by atoms with Gasteiger partial charge in [-0.3, -0.25) is 5.10 Å². The van der Waals surface area contributed by atoms with Gasteiger partial charge in [-0.15, -0.1) is 16.4 Å². The van der Waals surface area contributed by atoms with Crippen LogP contribution in [0.3, 0.4) is 0 Å². The largest absolute Gasteiger partial charge is 0.496 e. The van der Waals surface area contributed by atoms with Gasteiger partial charge in [0.15, 0.2) is 0 Å².